The van der Waals surface area contributed by atoms with Crippen molar-refractivity contribution in [2.75, 3.05) is 31.1 Å². The molecule has 1 aliphatic heterocycles. The molecular formula is C21H36Cl2N2O. The highest BCUT2D eigenvalue weighted by Gasteiger charge is 2.26. The third kappa shape index (κ3) is 8.04. The van der Waals surface area contributed by atoms with Crippen LogP contribution in [0.4, 0.5) is 5.69 Å². The van der Waals surface area contributed by atoms with E-state index in [2.05, 4.69) is 17.9 Å². The topological polar surface area (TPSA) is 27.9 Å². The lowest BCUT2D eigenvalue weighted by Crippen LogP contribution is -3.18. The quantitative estimate of drug-likeness (QED) is 0.538. The SMILES string of the molecule is CCCCCCCCCCC(O)[NH+]1CCN(c2ccccc2Cl)CC1.[Cl-]. The number of hydrogen-bond donors (Lipinski definition) is 2. The summed E-state index contributed by atoms with van der Waals surface area (Å²) >= 11 is 6.30. The third-order valence-corrected chi connectivity index (χ3v) is 5.72. The highest BCUT2D eigenvalue weighted by molar-refractivity contribution is 6.33. The van der Waals surface area contributed by atoms with Crippen molar-refractivity contribution in [2.24, 2.45) is 0 Å². The van der Waals surface area contributed by atoms with Crippen LogP contribution in [-0.4, -0.2) is 37.5 Å². The van der Waals surface area contributed by atoms with Gasteiger partial charge in [0.15, 0.2) is 6.23 Å². The van der Waals surface area contributed by atoms with Crippen molar-refractivity contribution in [1.29, 1.82) is 0 Å². The van der Waals surface area contributed by atoms with Crippen LogP contribution in [0, 0.1) is 0 Å². The van der Waals surface area contributed by atoms with Crippen molar-refractivity contribution in [2.45, 2.75) is 70.9 Å². The van der Waals surface area contributed by atoms with Gasteiger partial charge in [-0.2, -0.15) is 0 Å². The molecule has 2 N–H and O–H groups in total. The third-order valence-electron chi connectivity index (χ3n) is 5.40. The normalized spacial score (nSPS) is 16.3. The van der Waals surface area contributed by atoms with Crippen molar-refractivity contribution < 1.29 is 22.4 Å². The van der Waals surface area contributed by atoms with Crippen molar-refractivity contribution >= 4 is 17.3 Å². The molecule has 1 aromatic rings. The molecule has 1 aromatic carbocycles. The fraction of sp³-hybridized carbons (Fsp3) is 0.714. The Morgan fingerprint density at radius 1 is 1.00 bits per heavy atom. The standard InChI is InChI=1S/C21H35ClN2O.ClH/c1-2-3-4-5-6-7-8-9-14-21(25)24-17-15-23(16-18-24)20-13-11-10-12-19(20)22;/h10-13,21,25H,2-9,14-18H2,1H3;1H. The van der Waals surface area contributed by atoms with Gasteiger partial charge in [-0.15, -0.1) is 0 Å². The first-order chi connectivity index (χ1) is 12.2. The fourth-order valence-corrected chi connectivity index (χ4v) is 4.01. The monoisotopic (exact) mass is 402 g/mol. The second-order valence-corrected chi connectivity index (χ2v) is 7.78. The fourth-order valence-electron chi connectivity index (χ4n) is 3.75. The number of unbranched alkanes of at least 4 members (excludes halogenated alkanes) is 7. The first-order valence-corrected chi connectivity index (χ1v) is 10.6. The van der Waals surface area contributed by atoms with Gasteiger partial charge in [-0.05, 0) is 18.6 Å². The number of piperazine rings is 1. The molecule has 0 saturated carbocycles. The molecule has 0 amide bonds. The Labute approximate surface area is 171 Å². The largest absolute Gasteiger partial charge is 1.00 e. The molecule has 1 atom stereocenters. The minimum absolute atomic E-state index is 0. The van der Waals surface area contributed by atoms with Gasteiger partial charge in [-0.25, -0.2) is 0 Å². The Kier molecular flexibility index (Phi) is 12.4. The lowest BCUT2D eigenvalue weighted by Gasteiger charge is -2.36. The maximum Gasteiger partial charge on any atom is 0.189 e. The van der Waals surface area contributed by atoms with Crippen LogP contribution in [0.5, 0.6) is 0 Å². The molecule has 1 fully saturated rings. The molecule has 1 aliphatic rings. The zero-order valence-corrected chi connectivity index (χ0v) is 17.7. The molecule has 1 unspecified atom stereocenters. The summed E-state index contributed by atoms with van der Waals surface area (Å²) in [4.78, 5) is 3.68. The molecule has 1 heterocycles. The Hall–Kier alpha value is -0.480. The van der Waals surface area contributed by atoms with Crippen molar-refractivity contribution in [3.63, 3.8) is 0 Å². The molecule has 1 saturated heterocycles. The van der Waals surface area contributed by atoms with E-state index in [9.17, 15) is 5.11 Å². The van der Waals surface area contributed by atoms with Gasteiger partial charge in [0.2, 0.25) is 0 Å². The van der Waals surface area contributed by atoms with Crippen LogP contribution in [0.25, 0.3) is 0 Å². The Balaban J connectivity index is 0.00000338. The van der Waals surface area contributed by atoms with E-state index in [0.717, 1.165) is 49.7 Å². The molecule has 150 valence electrons. The van der Waals surface area contributed by atoms with Gasteiger partial charge in [0, 0.05) is 6.42 Å². The van der Waals surface area contributed by atoms with E-state index in [4.69, 9.17) is 11.6 Å². The first kappa shape index (κ1) is 23.6. The molecule has 5 heteroatoms. The number of rotatable bonds is 11. The Morgan fingerprint density at radius 2 is 1.58 bits per heavy atom. The molecule has 0 aliphatic carbocycles. The van der Waals surface area contributed by atoms with Crippen LogP contribution in [0.3, 0.4) is 0 Å². The van der Waals surface area contributed by atoms with E-state index in [1.807, 2.05) is 18.2 Å². The second kappa shape index (κ2) is 13.7. The summed E-state index contributed by atoms with van der Waals surface area (Å²) in [5, 5.41) is 11.3. The number of aliphatic hydroxyl groups excluding tert-OH is 1. The summed E-state index contributed by atoms with van der Waals surface area (Å²) in [6.07, 6.45) is 11.3. The lowest BCUT2D eigenvalue weighted by molar-refractivity contribution is -0.948. The molecule has 2 rings (SSSR count). The second-order valence-electron chi connectivity index (χ2n) is 7.38. The van der Waals surface area contributed by atoms with Crippen LogP contribution in [0.15, 0.2) is 24.3 Å². The average Bonchev–Trinajstić information content (AvgIpc) is 2.64. The highest BCUT2D eigenvalue weighted by atomic mass is 35.5. The summed E-state index contributed by atoms with van der Waals surface area (Å²) in [5.41, 5.74) is 1.13. The number of anilines is 1. The van der Waals surface area contributed by atoms with Gasteiger partial charge in [0.1, 0.15) is 0 Å². The Morgan fingerprint density at radius 3 is 2.19 bits per heavy atom. The van der Waals surface area contributed by atoms with Gasteiger partial charge < -0.3 is 27.3 Å². The van der Waals surface area contributed by atoms with Gasteiger partial charge in [-0.3, -0.25) is 0 Å². The summed E-state index contributed by atoms with van der Waals surface area (Å²) < 4.78 is 0. The van der Waals surface area contributed by atoms with Crippen molar-refractivity contribution in [3.8, 4) is 0 Å². The molecule has 26 heavy (non-hydrogen) atoms. The number of para-hydroxylation sites is 1. The molecule has 3 nitrogen and oxygen atoms in total. The summed E-state index contributed by atoms with van der Waals surface area (Å²) in [6, 6.07) is 8.05. The number of halogens is 2. The van der Waals surface area contributed by atoms with Crippen LogP contribution < -0.4 is 22.2 Å². The Bertz CT molecular complexity index is 479. The van der Waals surface area contributed by atoms with Crippen LogP contribution in [0.2, 0.25) is 5.02 Å². The number of aliphatic hydroxyl groups is 1. The molecule has 0 spiro atoms. The summed E-state index contributed by atoms with van der Waals surface area (Å²) in [6.45, 7) is 6.17. The van der Waals surface area contributed by atoms with E-state index in [-0.39, 0.29) is 18.6 Å². The maximum absolute atomic E-state index is 10.5. The smallest absolute Gasteiger partial charge is 0.189 e. The molecule has 0 bridgehead atoms. The van der Waals surface area contributed by atoms with E-state index in [1.54, 1.807) is 0 Å². The van der Waals surface area contributed by atoms with Gasteiger partial charge in [0.05, 0.1) is 36.9 Å². The molecule has 0 radical (unpaired) electrons. The number of hydrogen-bond acceptors (Lipinski definition) is 2. The van der Waals surface area contributed by atoms with E-state index in [0.29, 0.717) is 0 Å². The number of nitrogens with one attached hydrogen (secondary N) is 1. The minimum atomic E-state index is -0.200. The molecule has 0 aromatic heterocycles. The van der Waals surface area contributed by atoms with E-state index >= 15 is 0 Å². The van der Waals surface area contributed by atoms with Crippen LogP contribution in [-0.2, 0) is 0 Å². The van der Waals surface area contributed by atoms with E-state index in [1.165, 1.54) is 49.8 Å². The number of quaternary nitrogens is 1. The summed E-state index contributed by atoms with van der Waals surface area (Å²) in [5.74, 6) is 0. The number of nitrogens with zero attached hydrogens (tertiary/aromatic N) is 1. The minimum Gasteiger partial charge on any atom is -1.00 e. The molecular weight excluding hydrogens is 367 g/mol. The van der Waals surface area contributed by atoms with Gasteiger partial charge >= 0.3 is 0 Å². The zero-order valence-electron chi connectivity index (χ0n) is 16.2. The number of benzene rings is 1. The van der Waals surface area contributed by atoms with Crippen molar-refractivity contribution in [3.05, 3.63) is 29.3 Å². The maximum atomic E-state index is 10.5. The predicted molar refractivity (Wildman–Crippen MR) is 108 cm³/mol. The first-order valence-electron chi connectivity index (χ1n) is 10.2. The van der Waals surface area contributed by atoms with Crippen LogP contribution in [0.1, 0.15) is 64.7 Å². The predicted octanol–water partition coefficient (Wildman–Crippen LogP) is 0.898. The van der Waals surface area contributed by atoms with E-state index < -0.39 is 0 Å². The zero-order chi connectivity index (χ0) is 17.9. The van der Waals surface area contributed by atoms with Crippen LogP contribution >= 0.6 is 11.6 Å². The van der Waals surface area contributed by atoms with Gasteiger partial charge in [0.25, 0.3) is 0 Å². The lowest BCUT2D eigenvalue weighted by atomic mass is 10.1. The van der Waals surface area contributed by atoms with Crippen molar-refractivity contribution in [1.82, 2.24) is 0 Å². The van der Waals surface area contributed by atoms with Gasteiger partial charge in [-0.1, -0.05) is 75.6 Å². The average molecular weight is 403 g/mol. The summed E-state index contributed by atoms with van der Waals surface area (Å²) in [7, 11) is 0. The highest BCUT2D eigenvalue weighted by Crippen LogP contribution is 2.24.